The van der Waals surface area contributed by atoms with Crippen molar-refractivity contribution in [1.82, 2.24) is 0 Å². The van der Waals surface area contributed by atoms with Crippen LogP contribution >= 0.6 is 0 Å². The zero-order valence-electron chi connectivity index (χ0n) is 23.8. The first-order valence-corrected chi connectivity index (χ1v) is 13.3. The van der Waals surface area contributed by atoms with Crippen molar-refractivity contribution in [2.75, 3.05) is 12.4 Å². The molecule has 40 heavy (non-hydrogen) atoms. The first kappa shape index (κ1) is 33.4. The molecule has 0 aromatic heterocycles. The van der Waals surface area contributed by atoms with Gasteiger partial charge in [0.1, 0.15) is 17.2 Å². The molecule has 0 saturated heterocycles. The number of benzene rings is 4. The van der Waals surface area contributed by atoms with Crippen LogP contribution in [0.15, 0.2) is 65.6 Å². The fraction of sp³-hybridized carbons (Fsp3) is 0.200. The Balaban J connectivity index is 0.00000280. The van der Waals surface area contributed by atoms with Gasteiger partial charge >= 0.3 is 37.7 Å². The van der Waals surface area contributed by atoms with Crippen LogP contribution in [0.2, 0.25) is 0 Å². The first-order chi connectivity index (χ1) is 18.0. The van der Waals surface area contributed by atoms with Crippen molar-refractivity contribution in [1.29, 1.82) is 0 Å². The van der Waals surface area contributed by atoms with E-state index in [0.717, 1.165) is 56.8 Å². The Bertz CT molecular complexity index is 1530. The smallest absolute Gasteiger partial charge is 0.754 e. The molecule has 198 valence electrons. The van der Waals surface area contributed by atoms with Gasteiger partial charge in [0.2, 0.25) is 0 Å². The number of anilines is 1. The molecule has 0 aliphatic heterocycles. The van der Waals surface area contributed by atoms with Crippen LogP contribution in [0.3, 0.4) is 0 Å². The molecule has 0 aliphatic carbocycles. The minimum absolute atomic E-state index is 0. The van der Waals surface area contributed by atoms with Crippen LogP contribution in [-0.4, -0.2) is 20.1 Å². The second kappa shape index (κ2) is 14.2. The van der Waals surface area contributed by atoms with Gasteiger partial charge in [-0.3, -0.25) is 8.42 Å². The Morgan fingerprint density at radius 1 is 0.800 bits per heavy atom. The standard InChI is InChI=1S/C30H29NO6S.2Li/c1-19-14-20(2)30(37-27-16-21(3)29(35-5)22(4)17-27)23(15-19)18-31-24-6-8-25(9-7-24)36-26-10-12-28(13-11-26)38(32,33)34;;/h6-8,10,12-17,31H,18H2,1-5H3,(H,32,33,34);;/q-2;2*+1/p-1. The van der Waals surface area contributed by atoms with Crippen molar-refractivity contribution in [2.45, 2.75) is 39.1 Å². The van der Waals surface area contributed by atoms with Gasteiger partial charge in [-0.2, -0.15) is 18.2 Å². The normalized spacial score (nSPS) is 10.7. The van der Waals surface area contributed by atoms with Crippen molar-refractivity contribution in [3.8, 4) is 28.7 Å². The minimum Gasteiger partial charge on any atom is -0.754 e. The molecule has 0 heterocycles. The molecule has 0 atom stereocenters. The number of ether oxygens (including phenoxy) is 3. The average molecular weight is 545 g/mol. The van der Waals surface area contributed by atoms with E-state index >= 15 is 0 Å². The molecule has 10 heteroatoms. The third kappa shape index (κ3) is 8.35. The number of hydrogen-bond acceptors (Lipinski definition) is 7. The Kier molecular flexibility index (Phi) is 11.8. The predicted molar refractivity (Wildman–Crippen MR) is 144 cm³/mol. The molecule has 1 N–H and O–H groups in total. The van der Waals surface area contributed by atoms with Gasteiger partial charge in [0.05, 0.1) is 17.2 Å². The van der Waals surface area contributed by atoms with E-state index in [9.17, 15) is 13.0 Å². The summed E-state index contributed by atoms with van der Waals surface area (Å²) in [4.78, 5) is -0.361. The molecule has 0 amide bonds. The van der Waals surface area contributed by atoms with Crippen LogP contribution in [0.1, 0.15) is 27.8 Å². The van der Waals surface area contributed by atoms with E-state index in [1.165, 1.54) is 12.1 Å². The van der Waals surface area contributed by atoms with Gasteiger partial charge < -0.3 is 24.1 Å². The van der Waals surface area contributed by atoms with Gasteiger partial charge in [-0.05, 0) is 56.5 Å². The van der Waals surface area contributed by atoms with Gasteiger partial charge in [-0.25, -0.2) is 0 Å². The van der Waals surface area contributed by atoms with Crippen LogP contribution < -0.4 is 57.2 Å². The van der Waals surface area contributed by atoms with Gasteiger partial charge in [-0.15, -0.1) is 30.3 Å². The largest absolute Gasteiger partial charge is 1.00 e. The molecule has 0 saturated carbocycles. The maximum absolute atomic E-state index is 11.1. The quantitative estimate of drug-likeness (QED) is 0.188. The molecule has 4 rings (SSSR count). The molecule has 0 radical (unpaired) electrons. The summed E-state index contributed by atoms with van der Waals surface area (Å²) in [6.07, 6.45) is 0. The Morgan fingerprint density at radius 2 is 1.40 bits per heavy atom. The Morgan fingerprint density at radius 3 is 1.93 bits per heavy atom. The van der Waals surface area contributed by atoms with Crippen molar-refractivity contribution in [3.05, 3.63) is 101 Å². The summed E-state index contributed by atoms with van der Waals surface area (Å²) in [6.45, 7) is 8.61. The van der Waals surface area contributed by atoms with Crippen molar-refractivity contribution >= 4 is 15.8 Å². The molecule has 0 unspecified atom stereocenters. The van der Waals surface area contributed by atoms with Gasteiger partial charge in [-0.1, -0.05) is 28.3 Å². The zero-order valence-corrected chi connectivity index (χ0v) is 24.7. The third-order valence-electron chi connectivity index (χ3n) is 5.89. The van der Waals surface area contributed by atoms with Crippen LogP contribution in [0.5, 0.6) is 28.7 Å². The van der Waals surface area contributed by atoms with Crippen molar-refractivity contribution < 1.29 is 64.9 Å². The summed E-state index contributed by atoms with van der Waals surface area (Å²) in [5.41, 5.74) is 6.03. The van der Waals surface area contributed by atoms with Crippen LogP contribution in [0.4, 0.5) is 5.69 Å². The van der Waals surface area contributed by atoms with E-state index in [4.69, 9.17) is 14.2 Å². The molecular weight excluding hydrogens is 516 g/mol. The second-order valence-corrected chi connectivity index (χ2v) is 10.4. The predicted octanol–water partition coefficient (Wildman–Crippen LogP) is 0.638. The summed E-state index contributed by atoms with van der Waals surface area (Å²) in [5, 5.41) is 3.40. The SMILES string of the molecule is COc1c(C)cc(Oc2c(C)cc(C)cc2CNc2c[c-]c(Oc3[c-]cc(S(=O)(=O)[O-])cc3)cc2)cc1C.[Li+].[Li+]. The zero-order chi connectivity index (χ0) is 27.4. The van der Waals surface area contributed by atoms with Crippen LogP contribution in [0, 0.1) is 39.8 Å². The molecule has 0 bridgehead atoms. The summed E-state index contributed by atoms with van der Waals surface area (Å²) >= 11 is 0. The molecule has 0 spiro atoms. The number of rotatable bonds is 9. The molecule has 4 aromatic carbocycles. The molecular formula is C30H28Li2NO6S-. The minimum atomic E-state index is -4.53. The van der Waals surface area contributed by atoms with Crippen LogP contribution in [0.25, 0.3) is 0 Å². The Labute approximate surface area is 260 Å². The van der Waals surface area contributed by atoms with Crippen molar-refractivity contribution in [3.63, 3.8) is 0 Å². The van der Waals surface area contributed by atoms with E-state index in [0.29, 0.717) is 12.3 Å². The molecule has 0 aliphatic rings. The van der Waals surface area contributed by atoms with Crippen molar-refractivity contribution in [2.24, 2.45) is 0 Å². The number of nitrogens with one attached hydrogen (secondary N) is 1. The topological polar surface area (TPSA) is 96.9 Å². The van der Waals surface area contributed by atoms with Gasteiger partial charge in [0.15, 0.2) is 0 Å². The van der Waals surface area contributed by atoms with E-state index in [-0.39, 0.29) is 48.4 Å². The maximum atomic E-state index is 11.1. The number of methoxy groups -OCH3 is 1. The molecule has 7 nitrogen and oxygen atoms in total. The van der Waals surface area contributed by atoms with Gasteiger partial charge in [0.25, 0.3) is 0 Å². The Hall–Kier alpha value is -2.82. The van der Waals surface area contributed by atoms with Crippen LogP contribution in [-0.2, 0) is 16.7 Å². The summed E-state index contributed by atoms with van der Waals surface area (Å²) < 4.78 is 50.7. The monoisotopic (exact) mass is 544 g/mol. The maximum Gasteiger partial charge on any atom is 1.00 e. The number of aryl methyl sites for hydroxylation is 4. The third-order valence-corrected chi connectivity index (χ3v) is 6.72. The van der Waals surface area contributed by atoms with E-state index in [2.05, 4.69) is 36.5 Å². The summed E-state index contributed by atoms with van der Waals surface area (Å²) in [7, 11) is -2.86. The fourth-order valence-electron chi connectivity index (χ4n) is 4.24. The van der Waals surface area contributed by atoms with E-state index in [1.807, 2.05) is 39.0 Å². The number of hydrogen-bond donors (Lipinski definition) is 1. The van der Waals surface area contributed by atoms with E-state index < -0.39 is 10.1 Å². The first-order valence-electron chi connectivity index (χ1n) is 11.9. The van der Waals surface area contributed by atoms with E-state index in [1.54, 1.807) is 19.2 Å². The fourth-order valence-corrected chi connectivity index (χ4v) is 4.68. The second-order valence-electron chi connectivity index (χ2n) is 9.00. The summed E-state index contributed by atoms with van der Waals surface area (Å²) in [5.74, 6) is 3.10. The molecule has 0 fully saturated rings. The summed E-state index contributed by atoms with van der Waals surface area (Å²) in [6, 6.07) is 22.8. The average Bonchev–Trinajstić information content (AvgIpc) is 2.85. The molecule has 4 aromatic rings. The van der Waals surface area contributed by atoms with Gasteiger partial charge in [0, 0.05) is 23.6 Å².